The molecule has 3 heteroatoms. The Hall–Kier alpha value is -1.58. The van der Waals surface area contributed by atoms with Crippen molar-refractivity contribution in [1.29, 1.82) is 0 Å². The monoisotopic (exact) mass is 216 g/mol. The van der Waals surface area contributed by atoms with Crippen molar-refractivity contribution < 1.29 is 4.42 Å². The summed E-state index contributed by atoms with van der Waals surface area (Å²) < 4.78 is 5.59. The number of hydrogen-bond donors (Lipinski definition) is 2. The van der Waals surface area contributed by atoms with Gasteiger partial charge in [-0.2, -0.15) is 0 Å². The predicted octanol–water partition coefficient (Wildman–Crippen LogP) is 2.45. The Labute approximate surface area is 95.2 Å². The fraction of sp³-hybridized carbons (Fsp3) is 0.231. The van der Waals surface area contributed by atoms with Crippen molar-refractivity contribution in [3.63, 3.8) is 0 Å². The molecule has 1 atom stereocenters. The van der Waals surface area contributed by atoms with E-state index in [0.717, 1.165) is 17.1 Å². The van der Waals surface area contributed by atoms with Crippen molar-refractivity contribution in [2.45, 2.75) is 19.9 Å². The van der Waals surface area contributed by atoms with Gasteiger partial charge >= 0.3 is 0 Å². The largest absolute Gasteiger partial charge is 0.464 e. The summed E-state index contributed by atoms with van der Waals surface area (Å²) in [5.74, 6) is 7.32. The smallest absolute Gasteiger partial charge is 0.126 e. The van der Waals surface area contributed by atoms with Crippen LogP contribution in [0.25, 0.3) is 0 Å². The Morgan fingerprint density at radius 1 is 1.19 bits per heavy atom. The van der Waals surface area contributed by atoms with Crippen LogP contribution < -0.4 is 11.3 Å². The van der Waals surface area contributed by atoms with Crippen molar-refractivity contribution in [2.24, 2.45) is 5.84 Å². The zero-order valence-electron chi connectivity index (χ0n) is 9.53. The molecule has 0 aliphatic rings. The Kier molecular flexibility index (Phi) is 3.08. The predicted molar refractivity (Wildman–Crippen MR) is 63.8 cm³/mol. The number of nitrogens with two attached hydrogens (primary N) is 1. The molecule has 0 aliphatic heterocycles. The molecule has 0 amide bonds. The first kappa shape index (κ1) is 10.9. The lowest BCUT2D eigenvalue weighted by Gasteiger charge is -2.14. The van der Waals surface area contributed by atoms with Gasteiger partial charge < -0.3 is 4.42 Å². The first-order chi connectivity index (χ1) is 7.70. The average molecular weight is 216 g/mol. The molecule has 1 unspecified atom stereocenters. The summed E-state index contributed by atoms with van der Waals surface area (Å²) in [6.45, 7) is 3.98. The Morgan fingerprint density at radius 3 is 2.56 bits per heavy atom. The van der Waals surface area contributed by atoms with E-state index in [1.807, 2.05) is 31.2 Å². The second-order valence-electron chi connectivity index (χ2n) is 3.96. The van der Waals surface area contributed by atoms with E-state index in [4.69, 9.17) is 10.3 Å². The molecule has 1 aromatic heterocycles. The van der Waals surface area contributed by atoms with Crippen molar-refractivity contribution in [2.75, 3.05) is 0 Å². The fourth-order valence-electron chi connectivity index (χ4n) is 1.80. The van der Waals surface area contributed by atoms with Gasteiger partial charge in [0.2, 0.25) is 0 Å². The SMILES string of the molecule is Cc1cccc(C(NN)c2ccc(C)o2)c1. The van der Waals surface area contributed by atoms with Gasteiger partial charge in [-0.1, -0.05) is 29.8 Å². The van der Waals surface area contributed by atoms with E-state index in [0.29, 0.717) is 0 Å². The molecule has 0 saturated carbocycles. The second-order valence-corrected chi connectivity index (χ2v) is 3.96. The zero-order chi connectivity index (χ0) is 11.5. The highest BCUT2D eigenvalue weighted by atomic mass is 16.3. The maximum absolute atomic E-state index is 5.59. The number of hydrazine groups is 1. The molecule has 16 heavy (non-hydrogen) atoms. The molecule has 0 bridgehead atoms. The van der Waals surface area contributed by atoms with Gasteiger partial charge in [-0.3, -0.25) is 5.84 Å². The molecule has 3 nitrogen and oxygen atoms in total. The molecular formula is C13H16N2O. The molecular weight excluding hydrogens is 200 g/mol. The lowest BCUT2D eigenvalue weighted by Crippen LogP contribution is -2.28. The number of hydrogen-bond acceptors (Lipinski definition) is 3. The van der Waals surface area contributed by atoms with Crippen molar-refractivity contribution in [1.82, 2.24) is 5.43 Å². The fourth-order valence-corrected chi connectivity index (χ4v) is 1.80. The average Bonchev–Trinajstić information content (AvgIpc) is 2.66. The third-order valence-corrected chi connectivity index (χ3v) is 2.59. The summed E-state index contributed by atoms with van der Waals surface area (Å²) in [5.41, 5.74) is 5.10. The van der Waals surface area contributed by atoms with Gasteiger partial charge in [0.1, 0.15) is 17.6 Å². The Balaban J connectivity index is 2.36. The molecule has 3 N–H and O–H groups in total. The summed E-state index contributed by atoms with van der Waals surface area (Å²) in [4.78, 5) is 0. The van der Waals surface area contributed by atoms with Gasteiger partial charge in [-0.25, -0.2) is 5.43 Å². The van der Waals surface area contributed by atoms with E-state index < -0.39 is 0 Å². The quantitative estimate of drug-likeness (QED) is 0.612. The molecule has 1 heterocycles. The van der Waals surface area contributed by atoms with Crippen LogP contribution in [0, 0.1) is 13.8 Å². The highest BCUT2D eigenvalue weighted by Gasteiger charge is 2.15. The summed E-state index contributed by atoms with van der Waals surface area (Å²) in [5, 5.41) is 0. The van der Waals surface area contributed by atoms with Crippen LogP contribution in [0.4, 0.5) is 0 Å². The molecule has 2 aromatic rings. The van der Waals surface area contributed by atoms with Crippen molar-refractivity contribution in [3.05, 3.63) is 59.0 Å². The minimum Gasteiger partial charge on any atom is -0.464 e. The number of nitrogens with one attached hydrogen (secondary N) is 1. The van der Waals surface area contributed by atoms with Crippen LogP contribution in [0.15, 0.2) is 40.8 Å². The lowest BCUT2D eigenvalue weighted by molar-refractivity contribution is 0.435. The van der Waals surface area contributed by atoms with Crippen LogP contribution in [0.1, 0.15) is 28.7 Å². The molecule has 0 fully saturated rings. The van der Waals surface area contributed by atoms with Gasteiger partial charge in [0.25, 0.3) is 0 Å². The van der Waals surface area contributed by atoms with Gasteiger partial charge in [-0.05, 0) is 31.5 Å². The number of rotatable bonds is 3. The van der Waals surface area contributed by atoms with Crippen molar-refractivity contribution >= 4 is 0 Å². The van der Waals surface area contributed by atoms with Crippen LogP contribution in [0.2, 0.25) is 0 Å². The van der Waals surface area contributed by atoms with Gasteiger partial charge in [0.05, 0.1) is 0 Å². The minimum atomic E-state index is -0.0893. The minimum absolute atomic E-state index is 0.0893. The van der Waals surface area contributed by atoms with E-state index in [1.54, 1.807) is 0 Å². The molecule has 0 aliphatic carbocycles. The first-order valence-corrected chi connectivity index (χ1v) is 5.29. The molecule has 1 aromatic carbocycles. The molecule has 84 valence electrons. The molecule has 2 rings (SSSR count). The standard InChI is InChI=1S/C13H16N2O/c1-9-4-3-5-11(8-9)13(15-14)12-7-6-10(2)16-12/h3-8,13,15H,14H2,1-2H3. The third-order valence-electron chi connectivity index (χ3n) is 2.59. The highest BCUT2D eigenvalue weighted by molar-refractivity contribution is 5.30. The number of aryl methyl sites for hydroxylation is 2. The van der Waals surface area contributed by atoms with Crippen LogP contribution in [-0.4, -0.2) is 0 Å². The van der Waals surface area contributed by atoms with Gasteiger partial charge in [0.15, 0.2) is 0 Å². The topological polar surface area (TPSA) is 51.2 Å². The maximum Gasteiger partial charge on any atom is 0.126 e. The molecule has 0 saturated heterocycles. The van der Waals surface area contributed by atoms with Crippen LogP contribution in [0.3, 0.4) is 0 Å². The van der Waals surface area contributed by atoms with Crippen LogP contribution >= 0.6 is 0 Å². The maximum atomic E-state index is 5.59. The lowest BCUT2D eigenvalue weighted by atomic mass is 10.0. The second kappa shape index (κ2) is 4.51. The van der Waals surface area contributed by atoms with E-state index >= 15 is 0 Å². The van der Waals surface area contributed by atoms with Crippen LogP contribution in [0.5, 0.6) is 0 Å². The van der Waals surface area contributed by atoms with Crippen LogP contribution in [-0.2, 0) is 0 Å². The van der Waals surface area contributed by atoms with E-state index in [9.17, 15) is 0 Å². The molecule has 0 radical (unpaired) electrons. The zero-order valence-corrected chi connectivity index (χ0v) is 9.53. The summed E-state index contributed by atoms with van der Waals surface area (Å²) in [7, 11) is 0. The van der Waals surface area contributed by atoms with E-state index in [1.165, 1.54) is 5.56 Å². The van der Waals surface area contributed by atoms with E-state index in [-0.39, 0.29) is 6.04 Å². The summed E-state index contributed by atoms with van der Waals surface area (Å²) in [6, 6.07) is 12.0. The normalized spacial score (nSPS) is 12.7. The summed E-state index contributed by atoms with van der Waals surface area (Å²) >= 11 is 0. The van der Waals surface area contributed by atoms with Gasteiger partial charge in [-0.15, -0.1) is 0 Å². The van der Waals surface area contributed by atoms with Crippen molar-refractivity contribution in [3.8, 4) is 0 Å². The summed E-state index contributed by atoms with van der Waals surface area (Å²) in [6.07, 6.45) is 0. The van der Waals surface area contributed by atoms with E-state index in [2.05, 4.69) is 24.5 Å². The first-order valence-electron chi connectivity index (χ1n) is 5.29. The Morgan fingerprint density at radius 2 is 2.00 bits per heavy atom. The van der Waals surface area contributed by atoms with Gasteiger partial charge in [0, 0.05) is 0 Å². The Bertz CT molecular complexity index is 476. The highest BCUT2D eigenvalue weighted by Crippen LogP contribution is 2.23. The third kappa shape index (κ3) is 2.15. The molecule has 0 spiro atoms. The number of benzene rings is 1. The number of furan rings is 1.